The van der Waals surface area contributed by atoms with Crippen LogP contribution in [0.15, 0.2) is 23.4 Å². The summed E-state index contributed by atoms with van der Waals surface area (Å²) in [7, 11) is 0. The number of nitrogens with zero attached hydrogens (tertiary/aromatic N) is 2. The summed E-state index contributed by atoms with van der Waals surface area (Å²) < 4.78 is 5.43. The van der Waals surface area contributed by atoms with Gasteiger partial charge in [0.1, 0.15) is 11.6 Å². The van der Waals surface area contributed by atoms with Crippen LogP contribution in [-0.4, -0.2) is 22.6 Å². The largest absolute Gasteiger partial charge is 0.492 e. The third-order valence-corrected chi connectivity index (χ3v) is 3.22. The van der Waals surface area contributed by atoms with E-state index in [0.717, 1.165) is 0 Å². The zero-order chi connectivity index (χ0) is 15.3. The molecule has 0 heterocycles. The molecule has 1 aromatic rings. The van der Waals surface area contributed by atoms with Gasteiger partial charge in [-0.15, -0.1) is 0 Å². The number of hydrogen-bond donors (Lipinski definition) is 2. The number of nitro benzene ring substituents is 1. The molecule has 0 saturated heterocycles. The topological polar surface area (TPSA) is 111 Å². The van der Waals surface area contributed by atoms with Crippen LogP contribution in [-0.2, 0) is 0 Å². The zero-order valence-electron chi connectivity index (χ0n) is 11.2. The SMILES string of the molecule is CC(C)(CCOc1cc([N+](=O)[O-])ccc1Cl)C(N)=NO. The van der Waals surface area contributed by atoms with Crippen molar-refractivity contribution in [1.29, 1.82) is 0 Å². The molecular formula is C12H16ClN3O4. The van der Waals surface area contributed by atoms with E-state index in [1.807, 2.05) is 0 Å². The number of halogens is 1. The van der Waals surface area contributed by atoms with E-state index in [1.54, 1.807) is 13.8 Å². The minimum atomic E-state index is -0.554. The molecule has 0 aromatic heterocycles. The van der Waals surface area contributed by atoms with E-state index in [0.29, 0.717) is 6.42 Å². The van der Waals surface area contributed by atoms with Crippen LogP contribution in [0.3, 0.4) is 0 Å². The lowest BCUT2D eigenvalue weighted by atomic mass is 9.88. The van der Waals surface area contributed by atoms with Crippen molar-refractivity contribution < 1.29 is 14.9 Å². The molecule has 0 aliphatic heterocycles. The summed E-state index contributed by atoms with van der Waals surface area (Å²) in [5, 5.41) is 22.6. The Labute approximate surface area is 121 Å². The molecule has 1 aromatic carbocycles. The quantitative estimate of drug-likeness (QED) is 0.276. The lowest BCUT2D eigenvalue weighted by Crippen LogP contribution is -2.33. The summed E-state index contributed by atoms with van der Waals surface area (Å²) in [6.07, 6.45) is 0.460. The fourth-order valence-corrected chi connectivity index (χ4v) is 1.57. The third-order valence-electron chi connectivity index (χ3n) is 2.91. The normalized spacial score (nSPS) is 12.2. The highest BCUT2D eigenvalue weighted by atomic mass is 35.5. The number of nitro groups is 1. The predicted molar refractivity (Wildman–Crippen MR) is 75.4 cm³/mol. The van der Waals surface area contributed by atoms with Crippen LogP contribution >= 0.6 is 11.6 Å². The van der Waals surface area contributed by atoms with E-state index in [1.165, 1.54) is 18.2 Å². The van der Waals surface area contributed by atoms with Gasteiger partial charge in [0.15, 0.2) is 0 Å². The molecule has 3 N–H and O–H groups in total. The maximum atomic E-state index is 10.7. The number of non-ortho nitro benzene ring substituents is 1. The van der Waals surface area contributed by atoms with Gasteiger partial charge in [-0.3, -0.25) is 10.1 Å². The molecule has 0 atom stereocenters. The van der Waals surface area contributed by atoms with Gasteiger partial charge in [-0.05, 0) is 12.5 Å². The maximum Gasteiger partial charge on any atom is 0.273 e. The molecule has 0 aliphatic carbocycles. The summed E-state index contributed by atoms with van der Waals surface area (Å²) in [5.74, 6) is 0.322. The first kappa shape index (κ1) is 16.0. The molecule has 0 spiro atoms. The Morgan fingerprint density at radius 1 is 1.60 bits per heavy atom. The molecule has 0 amide bonds. The van der Waals surface area contributed by atoms with Crippen molar-refractivity contribution in [2.24, 2.45) is 16.3 Å². The molecule has 0 radical (unpaired) electrons. The number of oxime groups is 1. The van der Waals surface area contributed by atoms with Crippen LogP contribution in [0.2, 0.25) is 5.02 Å². The first-order valence-corrected chi connectivity index (χ1v) is 6.20. The standard InChI is InChI=1S/C12H16ClN3O4/c1-12(2,11(14)15-17)5-6-20-10-7-8(16(18)19)3-4-9(10)13/h3-4,7,17H,5-6H2,1-2H3,(H2,14,15). The molecular weight excluding hydrogens is 286 g/mol. The summed E-state index contributed by atoms with van der Waals surface area (Å²) >= 11 is 5.90. The number of nitrogens with two attached hydrogens (primary N) is 1. The van der Waals surface area contributed by atoms with Crippen molar-refractivity contribution in [3.05, 3.63) is 33.3 Å². The fourth-order valence-electron chi connectivity index (χ4n) is 1.40. The minimum Gasteiger partial charge on any atom is -0.492 e. The van der Waals surface area contributed by atoms with Crippen molar-refractivity contribution in [3.8, 4) is 5.75 Å². The average Bonchev–Trinajstić information content (AvgIpc) is 2.39. The van der Waals surface area contributed by atoms with Crippen molar-refractivity contribution >= 4 is 23.1 Å². The second kappa shape index (κ2) is 6.42. The van der Waals surface area contributed by atoms with Gasteiger partial charge >= 0.3 is 0 Å². The molecule has 0 fully saturated rings. The number of rotatable bonds is 6. The molecule has 110 valence electrons. The predicted octanol–water partition coefficient (Wildman–Crippen LogP) is 2.79. The Kier molecular flexibility index (Phi) is 5.15. The molecule has 20 heavy (non-hydrogen) atoms. The second-order valence-corrected chi connectivity index (χ2v) is 5.25. The van der Waals surface area contributed by atoms with E-state index in [9.17, 15) is 10.1 Å². The van der Waals surface area contributed by atoms with Crippen LogP contribution < -0.4 is 10.5 Å². The molecule has 8 heteroatoms. The van der Waals surface area contributed by atoms with Crippen LogP contribution in [0.4, 0.5) is 5.69 Å². The first-order valence-electron chi connectivity index (χ1n) is 5.82. The Hall–Kier alpha value is -2.02. The van der Waals surface area contributed by atoms with Gasteiger partial charge in [-0.2, -0.15) is 0 Å². The smallest absolute Gasteiger partial charge is 0.273 e. The third kappa shape index (κ3) is 3.99. The second-order valence-electron chi connectivity index (χ2n) is 4.84. The lowest BCUT2D eigenvalue weighted by Gasteiger charge is -2.22. The highest BCUT2D eigenvalue weighted by Crippen LogP contribution is 2.30. The van der Waals surface area contributed by atoms with E-state index in [4.69, 9.17) is 27.3 Å². The summed E-state index contributed by atoms with van der Waals surface area (Å²) in [4.78, 5) is 10.1. The summed E-state index contributed by atoms with van der Waals surface area (Å²) in [6, 6.07) is 3.97. The number of ether oxygens (including phenoxy) is 1. The monoisotopic (exact) mass is 301 g/mol. The molecule has 0 saturated carbocycles. The molecule has 7 nitrogen and oxygen atoms in total. The van der Waals surface area contributed by atoms with Crippen molar-refractivity contribution in [2.45, 2.75) is 20.3 Å². The molecule has 0 aliphatic rings. The van der Waals surface area contributed by atoms with Crippen molar-refractivity contribution in [2.75, 3.05) is 6.61 Å². The Morgan fingerprint density at radius 3 is 2.80 bits per heavy atom. The number of benzene rings is 1. The van der Waals surface area contributed by atoms with Crippen molar-refractivity contribution in [3.63, 3.8) is 0 Å². The van der Waals surface area contributed by atoms with E-state index in [-0.39, 0.29) is 28.9 Å². The highest BCUT2D eigenvalue weighted by Gasteiger charge is 2.23. The van der Waals surface area contributed by atoms with E-state index < -0.39 is 10.3 Å². The number of amidine groups is 1. The lowest BCUT2D eigenvalue weighted by molar-refractivity contribution is -0.384. The van der Waals surface area contributed by atoms with Gasteiger partial charge in [0, 0.05) is 11.5 Å². The Morgan fingerprint density at radius 2 is 2.25 bits per heavy atom. The Bertz CT molecular complexity index is 531. The van der Waals surface area contributed by atoms with Gasteiger partial charge in [-0.1, -0.05) is 30.6 Å². The average molecular weight is 302 g/mol. The zero-order valence-corrected chi connectivity index (χ0v) is 11.9. The van der Waals surface area contributed by atoms with Crippen LogP contribution in [0.5, 0.6) is 5.75 Å². The van der Waals surface area contributed by atoms with Gasteiger partial charge in [-0.25, -0.2) is 0 Å². The van der Waals surface area contributed by atoms with Crippen LogP contribution in [0.1, 0.15) is 20.3 Å². The van der Waals surface area contributed by atoms with Crippen molar-refractivity contribution in [1.82, 2.24) is 0 Å². The molecule has 0 unspecified atom stereocenters. The van der Waals surface area contributed by atoms with Gasteiger partial charge in [0.2, 0.25) is 0 Å². The number of hydrogen-bond acceptors (Lipinski definition) is 5. The molecule has 1 rings (SSSR count). The van der Waals surface area contributed by atoms with E-state index in [2.05, 4.69) is 5.16 Å². The van der Waals surface area contributed by atoms with Gasteiger partial charge < -0.3 is 15.7 Å². The van der Waals surface area contributed by atoms with Crippen LogP contribution in [0.25, 0.3) is 0 Å². The molecule has 0 bridgehead atoms. The van der Waals surface area contributed by atoms with Gasteiger partial charge in [0.05, 0.1) is 22.6 Å². The first-order chi connectivity index (χ1) is 9.27. The van der Waals surface area contributed by atoms with Gasteiger partial charge in [0.25, 0.3) is 5.69 Å². The van der Waals surface area contributed by atoms with E-state index >= 15 is 0 Å². The summed E-state index contributed by atoms with van der Waals surface area (Å²) in [5.41, 5.74) is 4.90. The maximum absolute atomic E-state index is 10.7. The highest BCUT2D eigenvalue weighted by molar-refractivity contribution is 6.32. The van der Waals surface area contributed by atoms with Crippen LogP contribution in [0, 0.1) is 15.5 Å². The Balaban J connectivity index is 2.71. The summed E-state index contributed by atoms with van der Waals surface area (Å²) in [6.45, 7) is 3.81. The minimum absolute atomic E-state index is 0.0891. The fraction of sp³-hybridized carbons (Fsp3) is 0.417.